The van der Waals surface area contributed by atoms with Gasteiger partial charge < -0.3 is 10.1 Å². The molecule has 1 saturated heterocycles. The van der Waals surface area contributed by atoms with E-state index < -0.39 is 5.72 Å². The van der Waals surface area contributed by atoms with E-state index in [2.05, 4.69) is 11.2 Å². The fourth-order valence-electron chi connectivity index (χ4n) is 2.76. The second-order valence-electron chi connectivity index (χ2n) is 5.08. The second-order valence-corrected chi connectivity index (χ2v) is 5.92. The summed E-state index contributed by atoms with van der Waals surface area (Å²) in [4.78, 5) is 13.7. The molecule has 0 radical (unpaired) electrons. The Morgan fingerprint density at radius 2 is 2.35 bits per heavy atom. The van der Waals surface area contributed by atoms with E-state index in [1.807, 2.05) is 6.92 Å². The summed E-state index contributed by atoms with van der Waals surface area (Å²) in [7, 11) is 0. The highest BCUT2D eigenvalue weighted by atomic mass is 35.5. The standard InChI is InChI=1S/C14H12Cl2N2O2/c1-3-4-18-13(19)17-11-7-14(18,2)20-12-9(11)5-8(15)6-10(12)16/h1,5-6,11H,4,7H2,2H3,(H,17,19). The van der Waals surface area contributed by atoms with Gasteiger partial charge in [0.05, 0.1) is 17.6 Å². The van der Waals surface area contributed by atoms with Crippen molar-refractivity contribution in [2.45, 2.75) is 25.1 Å². The van der Waals surface area contributed by atoms with E-state index in [0.29, 0.717) is 22.2 Å². The van der Waals surface area contributed by atoms with E-state index in [1.165, 1.54) is 4.90 Å². The molecule has 1 aromatic carbocycles. The SMILES string of the molecule is C#CCN1C(=O)NC2CC1(C)Oc1c(Cl)cc(Cl)cc12. The maximum absolute atomic E-state index is 12.2. The van der Waals surface area contributed by atoms with Crippen LogP contribution in [0.2, 0.25) is 10.0 Å². The van der Waals surface area contributed by atoms with Crippen molar-refractivity contribution in [3.63, 3.8) is 0 Å². The first kappa shape index (κ1) is 13.4. The van der Waals surface area contributed by atoms with Crippen LogP contribution in [0.5, 0.6) is 5.75 Å². The summed E-state index contributed by atoms with van der Waals surface area (Å²) < 4.78 is 5.99. The number of amides is 2. The maximum Gasteiger partial charge on any atom is 0.321 e. The van der Waals surface area contributed by atoms with Crippen molar-refractivity contribution in [1.82, 2.24) is 10.2 Å². The molecule has 4 nitrogen and oxygen atoms in total. The topological polar surface area (TPSA) is 41.6 Å². The molecule has 2 heterocycles. The second kappa shape index (κ2) is 4.47. The van der Waals surface area contributed by atoms with Gasteiger partial charge in [-0.05, 0) is 19.1 Å². The van der Waals surface area contributed by atoms with Crippen LogP contribution in [-0.2, 0) is 0 Å². The number of carbonyl (C=O) groups is 1. The highest BCUT2D eigenvalue weighted by Gasteiger charge is 2.49. The third kappa shape index (κ3) is 1.90. The number of nitrogens with zero attached hydrogens (tertiary/aromatic N) is 1. The Balaban J connectivity index is 2.11. The van der Waals surface area contributed by atoms with Crippen LogP contribution in [-0.4, -0.2) is 23.2 Å². The predicted molar refractivity (Wildman–Crippen MR) is 76.9 cm³/mol. The van der Waals surface area contributed by atoms with Crippen molar-refractivity contribution in [2.75, 3.05) is 6.54 Å². The Morgan fingerprint density at radius 3 is 3.05 bits per heavy atom. The first-order valence-corrected chi connectivity index (χ1v) is 6.90. The number of fused-ring (bicyclic) bond motifs is 4. The number of hydrogen-bond acceptors (Lipinski definition) is 2. The molecule has 2 amide bonds. The van der Waals surface area contributed by atoms with Gasteiger partial charge in [-0.2, -0.15) is 0 Å². The fourth-order valence-corrected chi connectivity index (χ4v) is 3.31. The smallest absolute Gasteiger partial charge is 0.321 e. The largest absolute Gasteiger partial charge is 0.466 e. The molecular weight excluding hydrogens is 299 g/mol. The number of ether oxygens (including phenoxy) is 1. The van der Waals surface area contributed by atoms with Gasteiger partial charge in [0, 0.05) is 17.0 Å². The molecule has 0 aromatic heterocycles. The Labute approximate surface area is 127 Å². The zero-order valence-electron chi connectivity index (χ0n) is 10.7. The molecule has 0 spiro atoms. The van der Waals surface area contributed by atoms with Crippen LogP contribution in [0.3, 0.4) is 0 Å². The first-order chi connectivity index (χ1) is 9.44. The van der Waals surface area contributed by atoms with Gasteiger partial charge in [0.2, 0.25) is 0 Å². The average molecular weight is 311 g/mol. The van der Waals surface area contributed by atoms with E-state index in [4.69, 9.17) is 34.4 Å². The summed E-state index contributed by atoms with van der Waals surface area (Å²) in [6.45, 7) is 2.01. The Hall–Kier alpha value is -1.57. The average Bonchev–Trinajstić information content (AvgIpc) is 2.36. The van der Waals surface area contributed by atoms with Crippen molar-refractivity contribution in [3.05, 3.63) is 27.7 Å². The van der Waals surface area contributed by atoms with Crippen LogP contribution in [0.25, 0.3) is 0 Å². The van der Waals surface area contributed by atoms with Crippen molar-refractivity contribution in [2.24, 2.45) is 0 Å². The minimum Gasteiger partial charge on any atom is -0.466 e. The molecule has 1 fully saturated rings. The lowest BCUT2D eigenvalue weighted by molar-refractivity contribution is -0.0778. The summed E-state index contributed by atoms with van der Waals surface area (Å²) in [5.41, 5.74) is -0.00204. The Morgan fingerprint density at radius 1 is 1.60 bits per heavy atom. The number of rotatable bonds is 1. The van der Waals surface area contributed by atoms with Crippen LogP contribution in [0, 0.1) is 12.3 Å². The molecule has 2 aliphatic rings. The van der Waals surface area contributed by atoms with E-state index in [-0.39, 0.29) is 18.6 Å². The van der Waals surface area contributed by atoms with Crippen molar-refractivity contribution >= 4 is 29.2 Å². The highest BCUT2D eigenvalue weighted by molar-refractivity contribution is 6.35. The van der Waals surface area contributed by atoms with Gasteiger partial charge >= 0.3 is 6.03 Å². The van der Waals surface area contributed by atoms with Crippen LogP contribution in [0.1, 0.15) is 24.9 Å². The summed E-state index contributed by atoms with van der Waals surface area (Å²) in [5, 5.41) is 3.86. The lowest BCUT2D eigenvalue weighted by Crippen LogP contribution is -2.64. The summed E-state index contributed by atoms with van der Waals surface area (Å²) >= 11 is 12.2. The molecule has 6 heteroatoms. The molecule has 0 saturated carbocycles. The highest BCUT2D eigenvalue weighted by Crippen LogP contribution is 2.47. The number of nitrogens with one attached hydrogen (secondary N) is 1. The third-order valence-corrected chi connectivity index (χ3v) is 4.18. The Bertz CT molecular complexity index is 641. The maximum atomic E-state index is 12.2. The number of carbonyl (C=O) groups excluding carboxylic acids is 1. The van der Waals surface area contributed by atoms with Crippen LogP contribution < -0.4 is 10.1 Å². The molecule has 104 valence electrons. The minimum atomic E-state index is -0.802. The lowest BCUT2D eigenvalue weighted by atomic mass is 9.90. The van der Waals surface area contributed by atoms with E-state index in [0.717, 1.165) is 5.56 Å². The number of terminal acetylenes is 1. The van der Waals surface area contributed by atoms with Gasteiger partial charge in [0.15, 0.2) is 5.72 Å². The van der Waals surface area contributed by atoms with Gasteiger partial charge in [0.1, 0.15) is 5.75 Å². The number of halogens is 2. The molecule has 1 N–H and O–H groups in total. The molecule has 2 atom stereocenters. The molecular formula is C14H12Cl2N2O2. The van der Waals surface area contributed by atoms with E-state index in [1.54, 1.807) is 12.1 Å². The molecule has 1 aromatic rings. The molecule has 0 aliphatic carbocycles. The van der Waals surface area contributed by atoms with Crippen molar-refractivity contribution in [1.29, 1.82) is 0 Å². The summed E-state index contributed by atoms with van der Waals surface area (Å²) in [5.74, 6) is 3.03. The minimum absolute atomic E-state index is 0.176. The summed E-state index contributed by atoms with van der Waals surface area (Å²) in [6.07, 6.45) is 5.91. The van der Waals surface area contributed by atoms with E-state index >= 15 is 0 Å². The van der Waals surface area contributed by atoms with Crippen LogP contribution >= 0.6 is 23.2 Å². The molecule has 2 aliphatic heterocycles. The third-order valence-electron chi connectivity index (χ3n) is 3.68. The normalized spacial score (nSPS) is 27.2. The molecule has 20 heavy (non-hydrogen) atoms. The molecule has 3 rings (SSSR count). The van der Waals surface area contributed by atoms with Gasteiger partial charge in [-0.3, -0.25) is 4.90 Å². The van der Waals surface area contributed by atoms with Gasteiger partial charge in [-0.25, -0.2) is 4.79 Å². The Kier molecular flexibility index (Phi) is 3.00. The zero-order chi connectivity index (χ0) is 14.5. The quantitative estimate of drug-likeness (QED) is 0.809. The van der Waals surface area contributed by atoms with Crippen molar-refractivity contribution < 1.29 is 9.53 Å². The lowest BCUT2D eigenvalue weighted by Gasteiger charge is -2.50. The molecule has 2 bridgehead atoms. The predicted octanol–water partition coefficient (Wildman–Crippen LogP) is 3.19. The number of hydrogen-bond donors (Lipinski definition) is 1. The molecule has 2 unspecified atom stereocenters. The van der Waals surface area contributed by atoms with Gasteiger partial charge in [-0.1, -0.05) is 29.1 Å². The van der Waals surface area contributed by atoms with Gasteiger partial charge in [0.25, 0.3) is 0 Å². The van der Waals surface area contributed by atoms with E-state index in [9.17, 15) is 4.79 Å². The van der Waals surface area contributed by atoms with Crippen LogP contribution in [0.15, 0.2) is 12.1 Å². The van der Waals surface area contributed by atoms with Crippen LogP contribution in [0.4, 0.5) is 4.79 Å². The van der Waals surface area contributed by atoms with Crippen molar-refractivity contribution in [3.8, 4) is 18.1 Å². The zero-order valence-corrected chi connectivity index (χ0v) is 12.3. The summed E-state index contributed by atoms with van der Waals surface area (Å²) in [6, 6.07) is 2.97. The monoisotopic (exact) mass is 310 g/mol. The van der Waals surface area contributed by atoms with Gasteiger partial charge in [-0.15, -0.1) is 6.42 Å². The number of benzene rings is 1. The number of urea groups is 1. The first-order valence-electron chi connectivity index (χ1n) is 6.14. The fraction of sp³-hybridized carbons (Fsp3) is 0.357.